The number of azo groups is 2. The number of benzene rings is 1. The number of phenolic OH excluding ortho intramolecular Hbond substituents is 1. The van der Waals surface area contributed by atoms with E-state index in [0.717, 1.165) is 5.56 Å². The van der Waals surface area contributed by atoms with Gasteiger partial charge < -0.3 is 9.84 Å². The van der Waals surface area contributed by atoms with E-state index in [0.29, 0.717) is 12.4 Å². The van der Waals surface area contributed by atoms with Crippen molar-refractivity contribution in [1.29, 1.82) is 0 Å². The largest absolute Gasteiger partial charge is 0.504 e. The third-order valence-corrected chi connectivity index (χ3v) is 2.25. The minimum Gasteiger partial charge on any atom is -0.504 e. The second-order valence-corrected chi connectivity index (χ2v) is 3.61. The quantitative estimate of drug-likeness (QED) is 0.837. The summed E-state index contributed by atoms with van der Waals surface area (Å²) in [6, 6.07) is 4.88. The molecule has 0 amide bonds. The summed E-state index contributed by atoms with van der Waals surface area (Å²) < 4.78 is 5.27. The van der Waals surface area contributed by atoms with Crippen LogP contribution in [0.4, 0.5) is 0 Å². The fourth-order valence-electron chi connectivity index (χ4n) is 1.35. The Kier molecular flexibility index (Phi) is 3.38. The number of rotatable bonds is 3. The third kappa shape index (κ3) is 2.62. The van der Waals surface area contributed by atoms with Gasteiger partial charge in [-0.15, -0.1) is 10.2 Å². The molecule has 6 nitrogen and oxygen atoms in total. The average molecular weight is 250 g/mol. The Labute approximate surface area is 103 Å². The van der Waals surface area contributed by atoms with Crippen LogP contribution in [0.15, 0.2) is 38.7 Å². The van der Waals surface area contributed by atoms with Gasteiger partial charge in [0.05, 0.1) is 6.61 Å². The van der Waals surface area contributed by atoms with E-state index in [1.54, 1.807) is 12.1 Å². The van der Waals surface area contributed by atoms with Crippen molar-refractivity contribution >= 4 is 17.3 Å². The first-order valence-corrected chi connectivity index (χ1v) is 5.43. The van der Waals surface area contributed by atoms with Gasteiger partial charge in [-0.05, 0) is 31.3 Å². The highest BCUT2D eigenvalue weighted by atomic mass is 32.1. The number of hydrogen-bond donors (Lipinski definition) is 1. The second kappa shape index (κ2) is 4.96. The molecule has 88 valence electrons. The molecule has 0 saturated heterocycles. The highest BCUT2D eigenvalue weighted by Crippen LogP contribution is 2.32. The summed E-state index contributed by atoms with van der Waals surface area (Å²) >= 11 is 4.71. The Morgan fingerprint density at radius 3 is 2.71 bits per heavy atom. The minimum atomic E-state index is -0.526. The molecular weight excluding hydrogens is 240 g/mol. The van der Waals surface area contributed by atoms with Gasteiger partial charge in [-0.2, -0.15) is 10.2 Å². The van der Waals surface area contributed by atoms with Gasteiger partial charge in [-0.3, -0.25) is 0 Å². The molecule has 1 N–H and O–H groups in total. The predicted octanol–water partition coefficient (Wildman–Crippen LogP) is 2.99. The van der Waals surface area contributed by atoms with Gasteiger partial charge in [-0.25, -0.2) is 0 Å². The summed E-state index contributed by atoms with van der Waals surface area (Å²) in [7, 11) is 0. The molecule has 1 aliphatic rings. The van der Waals surface area contributed by atoms with E-state index in [2.05, 4.69) is 20.5 Å². The van der Waals surface area contributed by atoms with Gasteiger partial charge in [0.25, 0.3) is 5.11 Å². The van der Waals surface area contributed by atoms with Crippen molar-refractivity contribution in [3.05, 3.63) is 23.8 Å². The van der Waals surface area contributed by atoms with Gasteiger partial charge in [0.15, 0.2) is 11.5 Å². The van der Waals surface area contributed by atoms with Crippen LogP contribution in [0.25, 0.3) is 0 Å². The van der Waals surface area contributed by atoms with Crippen LogP contribution in [-0.4, -0.2) is 16.8 Å². The summed E-state index contributed by atoms with van der Waals surface area (Å²) in [6.45, 7) is 2.30. The SMILES string of the molecule is CCOc1cc(C2N=NC(=S)N=N2)ccc1O. The van der Waals surface area contributed by atoms with Crippen LogP contribution in [0.5, 0.6) is 11.5 Å². The van der Waals surface area contributed by atoms with Crippen LogP contribution in [0.2, 0.25) is 0 Å². The molecule has 0 spiro atoms. The topological polar surface area (TPSA) is 78.9 Å². The zero-order valence-corrected chi connectivity index (χ0v) is 9.89. The first-order chi connectivity index (χ1) is 8.20. The molecular formula is C10H10N4O2S. The summed E-state index contributed by atoms with van der Waals surface area (Å²) in [4.78, 5) is 0. The van der Waals surface area contributed by atoms with Gasteiger partial charge in [0, 0.05) is 5.56 Å². The van der Waals surface area contributed by atoms with Gasteiger partial charge in [0.1, 0.15) is 0 Å². The van der Waals surface area contributed by atoms with E-state index in [-0.39, 0.29) is 10.9 Å². The Balaban J connectivity index is 2.27. The molecule has 0 aromatic heterocycles. The molecule has 1 heterocycles. The molecule has 17 heavy (non-hydrogen) atoms. The maximum Gasteiger partial charge on any atom is 0.259 e. The molecule has 7 heteroatoms. The third-order valence-electron chi connectivity index (χ3n) is 2.09. The average Bonchev–Trinajstić information content (AvgIpc) is 2.33. The lowest BCUT2D eigenvalue weighted by molar-refractivity contribution is 0.317. The fraction of sp³-hybridized carbons (Fsp3) is 0.300. The first-order valence-electron chi connectivity index (χ1n) is 5.02. The van der Waals surface area contributed by atoms with Gasteiger partial charge >= 0.3 is 0 Å². The standard InChI is InChI=1S/C10H10N4O2S/c1-2-16-8-5-6(3-4-7(8)15)9-11-13-10(17)14-12-9/h3-5,9,15H,2H2,1H3. The summed E-state index contributed by atoms with van der Waals surface area (Å²) in [5.41, 5.74) is 0.737. The number of hydrogen-bond acceptors (Lipinski definition) is 5. The van der Waals surface area contributed by atoms with Crippen molar-refractivity contribution in [2.45, 2.75) is 13.1 Å². The van der Waals surface area contributed by atoms with E-state index in [9.17, 15) is 5.11 Å². The molecule has 0 atom stereocenters. The van der Waals surface area contributed by atoms with Gasteiger partial charge in [0.2, 0.25) is 6.17 Å². The smallest absolute Gasteiger partial charge is 0.259 e. The fourth-order valence-corrected chi connectivity index (χ4v) is 1.44. The first kappa shape index (κ1) is 11.6. The number of nitrogens with zero attached hydrogens (tertiary/aromatic N) is 4. The lowest BCUT2D eigenvalue weighted by atomic mass is 10.1. The van der Waals surface area contributed by atoms with Crippen molar-refractivity contribution in [3.63, 3.8) is 0 Å². The Bertz CT molecular complexity index is 485. The molecule has 2 rings (SSSR count). The highest BCUT2D eigenvalue weighted by molar-refractivity contribution is 7.80. The van der Waals surface area contributed by atoms with E-state index >= 15 is 0 Å². The predicted molar refractivity (Wildman–Crippen MR) is 64.3 cm³/mol. The van der Waals surface area contributed by atoms with Gasteiger partial charge in [-0.1, -0.05) is 6.07 Å². The molecule has 0 radical (unpaired) electrons. The number of ether oxygens (including phenoxy) is 1. The number of aromatic hydroxyl groups is 1. The molecule has 0 bridgehead atoms. The van der Waals surface area contributed by atoms with Crippen molar-refractivity contribution in [2.24, 2.45) is 20.5 Å². The lowest BCUT2D eigenvalue weighted by Gasteiger charge is -2.11. The molecule has 0 saturated carbocycles. The second-order valence-electron chi connectivity index (χ2n) is 3.25. The van der Waals surface area contributed by atoms with Crippen molar-refractivity contribution < 1.29 is 9.84 Å². The normalized spacial score (nSPS) is 15.2. The van der Waals surface area contributed by atoms with E-state index in [4.69, 9.17) is 17.0 Å². The van der Waals surface area contributed by atoms with Crippen molar-refractivity contribution in [1.82, 2.24) is 0 Å². The molecule has 1 aliphatic heterocycles. The zero-order chi connectivity index (χ0) is 12.3. The van der Waals surface area contributed by atoms with E-state index in [1.165, 1.54) is 6.07 Å². The van der Waals surface area contributed by atoms with Crippen LogP contribution in [-0.2, 0) is 0 Å². The Morgan fingerprint density at radius 2 is 2.06 bits per heavy atom. The van der Waals surface area contributed by atoms with Crippen LogP contribution in [0, 0.1) is 0 Å². The highest BCUT2D eigenvalue weighted by Gasteiger charge is 2.15. The minimum absolute atomic E-state index is 0.0795. The molecule has 1 aromatic rings. The van der Waals surface area contributed by atoms with Crippen LogP contribution in [0.1, 0.15) is 18.7 Å². The Morgan fingerprint density at radius 1 is 1.35 bits per heavy atom. The lowest BCUT2D eigenvalue weighted by Crippen LogP contribution is -1.99. The van der Waals surface area contributed by atoms with Crippen molar-refractivity contribution in [2.75, 3.05) is 6.61 Å². The van der Waals surface area contributed by atoms with Crippen molar-refractivity contribution in [3.8, 4) is 11.5 Å². The summed E-state index contributed by atoms with van der Waals surface area (Å²) in [5, 5.41) is 24.8. The maximum absolute atomic E-state index is 9.55. The molecule has 0 unspecified atom stereocenters. The monoisotopic (exact) mass is 250 g/mol. The van der Waals surface area contributed by atoms with E-state index < -0.39 is 6.17 Å². The Hall–Kier alpha value is -1.89. The molecule has 1 aromatic carbocycles. The molecule has 0 fully saturated rings. The maximum atomic E-state index is 9.55. The number of phenols is 1. The van der Waals surface area contributed by atoms with Crippen LogP contribution < -0.4 is 4.74 Å². The van der Waals surface area contributed by atoms with E-state index in [1.807, 2.05) is 6.92 Å². The van der Waals surface area contributed by atoms with Crippen LogP contribution in [0.3, 0.4) is 0 Å². The van der Waals surface area contributed by atoms with Crippen LogP contribution >= 0.6 is 12.2 Å². The zero-order valence-electron chi connectivity index (χ0n) is 9.07. The molecule has 0 aliphatic carbocycles. The number of thiocarbonyl (C=S) groups is 1. The summed E-state index contributed by atoms with van der Waals surface area (Å²) in [5.74, 6) is 0.472. The summed E-state index contributed by atoms with van der Waals surface area (Å²) in [6.07, 6.45) is -0.526.